The molecule has 6 nitrogen and oxygen atoms in total. The Balaban J connectivity index is -0.0000000687. The summed E-state index contributed by atoms with van der Waals surface area (Å²) in [6.07, 6.45) is 0. The van der Waals surface area contributed by atoms with E-state index in [-0.39, 0.29) is 0 Å². The third-order valence-corrected chi connectivity index (χ3v) is 12.7. The van der Waals surface area contributed by atoms with Crippen LogP contribution in [0.1, 0.15) is 6.92 Å². The van der Waals surface area contributed by atoms with Gasteiger partial charge in [0.25, 0.3) is 0 Å². The zero-order valence-corrected chi connectivity index (χ0v) is 18.4. The average Bonchev–Trinajstić information content (AvgIpc) is 2.54. The van der Waals surface area contributed by atoms with Gasteiger partial charge >= 0.3 is 156 Å². The van der Waals surface area contributed by atoms with E-state index in [0.717, 1.165) is 11.8 Å². The van der Waals surface area contributed by atoms with Crippen LogP contribution in [0.5, 0.6) is 0 Å². The third-order valence-electron chi connectivity index (χ3n) is 2.25. The predicted octanol–water partition coefficient (Wildman–Crippen LogP) is 3.10. The molecule has 0 aromatic carbocycles. The molecule has 0 aromatic heterocycles. The van der Waals surface area contributed by atoms with E-state index in [0.29, 0.717) is 0 Å². The summed E-state index contributed by atoms with van der Waals surface area (Å²) in [4.78, 5) is 0. The zero-order chi connectivity index (χ0) is 21.6. The number of ether oxygens (including phenoxy) is 1. The van der Waals surface area contributed by atoms with E-state index in [1.807, 2.05) is 0 Å². The quantitative estimate of drug-likeness (QED) is 0.389. The van der Waals surface area contributed by atoms with Crippen molar-refractivity contribution in [3.63, 3.8) is 0 Å². The molecule has 0 aliphatic heterocycles. The Labute approximate surface area is 155 Å². The summed E-state index contributed by atoms with van der Waals surface area (Å²) in [7, 11) is -2.31. The maximum atomic E-state index is 7.50. The molecular weight excluding hydrogens is 384 g/mol. The summed E-state index contributed by atoms with van der Waals surface area (Å²) >= 11 is 3.16. The van der Waals surface area contributed by atoms with E-state index in [9.17, 15) is 0 Å². The Morgan fingerprint density at radius 3 is 1.08 bits per heavy atom. The van der Waals surface area contributed by atoms with E-state index in [2.05, 4.69) is 95.3 Å². The number of hydrogen-bond acceptors (Lipinski definition) is 1. The fourth-order valence-corrected chi connectivity index (χ4v) is 17.7. The first-order valence-electron chi connectivity index (χ1n) is 6.29. The zero-order valence-electron chi connectivity index (χ0n) is 15.1. The molecule has 0 rings (SSSR count). The number of rotatable bonds is 5. The van der Waals surface area contributed by atoms with Crippen LogP contribution in [-0.4, -0.2) is 27.3 Å². The Hall–Kier alpha value is -0.504. The average molecular weight is 409 g/mol. The van der Waals surface area contributed by atoms with E-state index in [1.165, 1.54) is 4.57 Å². The molecule has 0 aliphatic rings. The van der Waals surface area contributed by atoms with E-state index in [1.54, 1.807) is 0 Å². The van der Waals surface area contributed by atoms with Crippen molar-refractivity contribution in [2.24, 2.45) is 0 Å². The summed E-state index contributed by atoms with van der Waals surface area (Å²) < 4.78 is 44.4. The van der Waals surface area contributed by atoms with E-state index >= 15 is 0 Å². The molecule has 134 valence electrons. The van der Waals surface area contributed by atoms with Gasteiger partial charge in [-0.25, -0.2) is 0 Å². The van der Waals surface area contributed by atoms with Crippen LogP contribution in [0.25, 0.3) is 0 Å². The fraction of sp³-hybridized carbons (Fsp3) is 0.600. The van der Waals surface area contributed by atoms with Crippen molar-refractivity contribution in [3.8, 4) is 0 Å². The molecule has 0 aromatic rings. The molecule has 0 saturated carbocycles. The Morgan fingerprint density at radius 1 is 0.750 bits per heavy atom. The van der Waals surface area contributed by atoms with E-state index < -0.39 is 16.1 Å². The first kappa shape index (κ1) is 38.8. The van der Waals surface area contributed by atoms with Crippen LogP contribution >= 0.6 is 0 Å². The standard InChI is InChI=1S/C10H24OSi2.5CO.Cr/c1-8-11-9-10(12(2,3)4)13(5,6)7;5*1-2;/h10H,8H2,1-7H3;;;;;;. The first-order chi connectivity index (χ1) is 11.1. The van der Waals surface area contributed by atoms with Gasteiger partial charge in [-0.1, -0.05) is 0 Å². The summed E-state index contributed by atoms with van der Waals surface area (Å²) in [6.45, 7) is 40.0. The summed E-state index contributed by atoms with van der Waals surface area (Å²) in [5, 5.41) is 0.718. The van der Waals surface area contributed by atoms with Crippen LogP contribution < -0.4 is 0 Å². The van der Waals surface area contributed by atoms with E-state index in [4.69, 9.17) is 28.0 Å². The van der Waals surface area contributed by atoms with Gasteiger partial charge in [-0.05, 0) is 0 Å². The normalized spacial score (nSPS) is 8.25. The van der Waals surface area contributed by atoms with Crippen molar-refractivity contribution in [2.45, 2.75) is 51.4 Å². The topological polar surface area (TPSA) is 109 Å². The van der Waals surface area contributed by atoms with Gasteiger partial charge in [-0.2, -0.15) is 0 Å². The molecule has 9 heteroatoms. The molecule has 0 heterocycles. The van der Waals surface area contributed by atoms with Gasteiger partial charge in [0, 0.05) is 0 Å². The molecular formula is C15H24CrO6Si2. The maximum absolute atomic E-state index is 7.50. The van der Waals surface area contributed by atoms with Crippen molar-refractivity contribution in [3.05, 3.63) is 33.3 Å². The molecule has 0 amide bonds. The monoisotopic (exact) mass is 408 g/mol. The van der Waals surface area contributed by atoms with Crippen LogP contribution in [0, 0.1) is 33.3 Å². The first-order valence-corrected chi connectivity index (χ1v) is 14.1. The van der Waals surface area contributed by atoms with Gasteiger partial charge in [0.2, 0.25) is 0 Å². The Kier molecular flexibility index (Phi) is 44.3. The second-order valence-corrected chi connectivity index (χ2v) is 17.7. The second kappa shape index (κ2) is 27.3. The van der Waals surface area contributed by atoms with Gasteiger partial charge in [-0.3, -0.25) is 0 Å². The molecule has 0 spiro atoms. The molecule has 0 saturated heterocycles. The van der Waals surface area contributed by atoms with Crippen molar-refractivity contribution in [2.75, 3.05) is 6.61 Å². The van der Waals surface area contributed by atoms with Crippen molar-refractivity contribution >= 4 is 20.7 Å². The van der Waals surface area contributed by atoms with Crippen LogP contribution in [0.4, 0.5) is 0 Å². The minimum atomic E-state index is -1.15. The number of hydrogen-bond donors (Lipinski definition) is 0. The molecule has 0 fully saturated rings. The van der Waals surface area contributed by atoms with Gasteiger partial charge < -0.3 is 0 Å². The van der Waals surface area contributed by atoms with Gasteiger partial charge in [0.15, 0.2) is 0 Å². The van der Waals surface area contributed by atoms with Crippen molar-refractivity contribution < 1.29 is 43.8 Å². The summed E-state index contributed by atoms with van der Waals surface area (Å²) in [5.41, 5.74) is 0. The van der Waals surface area contributed by atoms with Gasteiger partial charge in [0.05, 0.1) is 0 Å². The molecule has 0 N–H and O–H groups in total. The molecule has 0 atom stereocenters. The predicted molar refractivity (Wildman–Crippen MR) is 86.7 cm³/mol. The Bertz CT molecular complexity index is 337. The van der Waals surface area contributed by atoms with Gasteiger partial charge in [0.1, 0.15) is 0 Å². The minimum absolute atomic E-state index is 0.718. The van der Waals surface area contributed by atoms with Crippen LogP contribution in [0.2, 0.25) is 44.4 Å². The van der Waals surface area contributed by atoms with Gasteiger partial charge in [-0.15, -0.1) is 0 Å². The molecule has 0 bridgehead atoms. The SMILES string of the molecule is CCO[C](=[Cr])C([Si](C)(C)C)[Si](C)(C)C.[C-]#[O+].[C-]#[O+].[C-]#[O+].[C-]#[O+].[C-]#[O+]. The second-order valence-electron chi connectivity index (χ2n) is 5.92. The van der Waals surface area contributed by atoms with Crippen molar-refractivity contribution in [1.82, 2.24) is 0 Å². The Morgan fingerprint density at radius 2 is 0.958 bits per heavy atom. The molecule has 0 unspecified atom stereocenters. The molecule has 0 radical (unpaired) electrons. The van der Waals surface area contributed by atoms with Crippen LogP contribution in [-0.2, 0) is 43.8 Å². The summed E-state index contributed by atoms with van der Waals surface area (Å²) in [5.74, 6) is 0. The van der Waals surface area contributed by atoms with Crippen LogP contribution in [0.15, 0.2) is 0 Å². The molecule has 24 heavy (non-hydrogen) atoms. The third kappa shape index (κ3) is 26.4. The fourth-order valence-electron chi connectivity index (χ4n) is 2.23. The summed E-state index contributed by atoms with van der Waals surface area (Å²) in [6, 6.07) is 0. The van der Waals surface area contributed by atoms with Crippen molar-refractivity contribution in [1.29, 1.82) is 0 Å². The van der Waals surface area contributed by atoms with Crippen LogP contribution in [0.3, 0.4) is 0 Å². The molecule has 0 aliphatic carbocycles.